The summed E-state index contributed by atoms with van der Waals surface area (Å²) in [4.78, 5) is 12.3. The van der Waals surface area contributed by atoms with Crippen LogP contribution in [-0.4, -0.2) is 44.7 Å². The van der Waals surface area contributed by atoms with Crippen molar-refractivity contribution in [2.75, 3.05) is 20.2 Å². The Balaban J connectivity index is 1.55. The number of amides is 1. The quantitative estimate of drug-likeness (QED) is 0.539. The Morgan fingerprint density at radius 1 is 1.12 bits per heavy atom. The Hall–Kier alpha value is -2.91. The van der Waals surface area contributed by atoms with Crippen LogP contribution in [0.2, 0.25) is 0 Å². The fourth-order valence-electron chi connectivity index (χ4n) is 2.42. The van der Waals surface area contributed by atoms with Gasteiger partial charge in [0.15, 0.2) is 5.69 Å². The van der Waals surface area contributed by atoms with E-state index < -0.39 is 10.0 Å². The van der Waals surface area contributed by atoms with E-state index in [-0.39, 0.29) is 29.6 Å². The number of hydrogen-bond acceptors (Lipinski definition) is 5. The third kappa shape index (κ3) is 3.84. The maximum absolute atomic E-state index is 12.2. The molecule has 3 rings (SSSR count). The number of para-hydroxylation sites is 1. The van der Waals surface area contributed by atoms with Gasteiger partial charge in [0.2, 0.25) is 10.0 Å². The number of nitrogens with one attached hydrogen (secondary N) is 3. The van der Waals surface area contributed by atoms with Gasteiger partial charge in [0.25, 0.3) is 5.91 Å². The van der Waals surface area contributed by atoms with Crippen LogP contribution in [0.25, 0.3) is 10.9 Å². The molecule has 1 aromatic heterocycles. The molecule has 1 amide bonds. The van der Waals surface area contributed by atoms with Crippen LogP contribution in [0.1, 0.15) is 10.5 Å². The van der Waals surface area contributed by atoms with Crippen molar-refractivity contribution in [1.29, 1.82) is 0 Å². The van der Waals surface area contributed by atoms with Crippen molar-refractivity contribution < 1.29 is 17.9 Å². The molecule has 2 aromatic carbocycles. The molecule has 0 aliphatic carbocycles. The molecule has 9 heteroatoms. The summed E-state index contributed by atoms with van der Waals surface area (Å²) >= 11 is 0. The van der Waals surface area contributed by atoms with Crippen molar-refractivity contribution in [3.63, 3.8) is 0 Å². The average Bonchev–Trinajstić information content (AvgIpc) is 3.09. The molecular formula is C17H18N4O4S. The van der Waals surface area contributed by atoms with Crippen LogP contribution >= 0.6 is 0 Å². The summed E-state index contributed by atoms with van der Waals surface area (Å²) in [7, 11) is -2.14. The number of hydrogen-bond donors (Lipinski definition) is 3. The molecule has 0 aliphatic rings. The van der Waals surface area contributed by atoms with Crippen molar-refractivity contribution in [2.45, 2.75) is 4.90 Å². The van der Waals surface area contributed by atoms with Crippen molar-refractivity contribution in [3.8, 4) is 5.75 Å². The van der Waals surface area contributed by atoms with E-state index in [2.05, 4.69) is 20.2 Å². The standard InChI is InChI=1S/C17H18N4O4S/c1-25-12-6-8-13(9-7-12)26(23,24)19-11-10-18-17(22)16-14-4-2-3-5-15(14)20-21-16/h2-9,19H,10-11H2,1H3,(H,18,22)(H,20,21). The van der Waals surface area contributed by atoms with Gasteiger partial charge in [-0.25, -0.2) is 13.1 Å². The van der Waals surface area contributed by atoms with Gasteiger partial charge in [-0.15, -0.1) is 0 Å². The summed E-state index contributed by atoms with van der Waals surface area (Å²) in [5.74, 6) is 0.202. The van der Waals surface area contributed by atoms with Gasteiger partial charge >= 0.3 is 0 Å². The Morgan fingerprint density at radius 2 is 1.85 bits per heavy atom. The topological polar surface area (TPSA) is 113 Å². The number of benzene rings is 2. The van der Waals surface area contributed by atoms with E-state index in [1.807, 2.05) is 18.2 Å². The van der Waals surface area contributed by atoms with E-state index in [0.29, 0.717) is 11.1 Å². The summed E-state index contributed by atoms with van der Waals surface area (Å²) < 4.78 is 31.8. The number of carbonyl (C=O) groups excluding carboxylic acids is 1. The first-order valence-corrected chi connectivity index (χ1v) is 9.34. The van der Waals surface area contributed by atoms with Gasteiger partial charge in [0.1, 0.15) is 5.75 Å². The number of sulfonamides is 1. The van der Waals surface area contributed by atoms with E-state index >= 15 is 0 Å². The van der Waals surface area contributed by atoms with E-state index in [1.54, 1.807) is 18.2 Å². The van der Waals surface area contributed by atoms with E-state index in [1.165, 1.54) is 19.2 Å². The molecule has 0 fully saturated rings. The molecule has 0 radical (unpaired) electrons. The predicted octanol–water partition coefficient (Wildman–Crippen LogP) is 1.28. The molecular weight excluding hydrogens is 356 g/mol. The monoisotopic (exact) mass is 374 g/mol. The first kappa shape index (κ1) is 17.9. The van der Waals surface area contributed by atoms with Crippen LogP contribution in [0.15, 0.2) is 53.4 Å². The van der Waals surface area contributed by atoms with E-state index in [0.717, 1.165) is 5.52 Å². The highest BCUT2D eigenvalue weighted by Crippen LogP contribution is 2.15. The molecule has 0 bridgehead atoms. The van der Waals surface area contributed by atoms with Crippen LogP contribution < -0.4 is 14.8 Å². The smallest absolute Gasteiger partial charge is 0.272 e. The van der Waals surface area contributed by atoms with Crippen molar-refractivity contribution >= 4 is 26.8 Å². The number of ether oxygens (including phenoxy) is 1. The molecule has 136 valence electrons. The molecule has 3 N–H and O–H groups in total. The number of nitrogens with zero attached hydrogens (tertiary/aromatic N) is 1. The zero-order valence-corrected chi connectivity index (χ0v) is 14.8. The van der Waals surface area contributed by atoms with Gasteiger partial charge in [-0.3, -0.25) is 9.89 Å². The van der Waals surface area contributed by atoms with E-state index in [9.17, 15) is 13.2 Å². The van der Waals surface area contributed by atoms with Crippen LogP contribution in [0.3, 0.4) is 0 Å². The Bertz CT molecular complexity index is 1010. The summed E-state index contributed by atoms with van der Waals surface area (Å²) in [6, 6.07) is 13.3. The molecule has 0 aliphatic heterocycles. The fraction of sp³-hybridized carbons (Fsp3) is 0.176. The molecule has 26 heavy (non-hydrogen) atoms. The van der Waals surface area contributed by atoms with E-state index in [4.69, 9.17) is 4.74 Å². The number of aromatic nitrogens is 2. The lowest BCUT2D eigenvalue weighted by Gasteiger charge is -2.08. The second-order valence-corrected chi connectivity index (χ2v) is 7.21. The maximum atomic E-state index is 12.2. The second-order valence-electron chi connectivity index (χ2n) is 5.45. The second kappa shape index (κ2) is 7.54. The SMILES string of the molecule is COc1ccc(S(=O)(=O)NCCNC(=O)c2n[nH]c3ccccc23)cc1. The minimum atomic E-state index is -3.65. The van der Waals surface area contributed by atoms with Crippen molar-refractivity contribution in [3.05, 3.63) is 54.2 Å². The Morgan fingerprint density at radius 3 is 2.58 bits per heavy atom. The van der Waals surface area contributed by atoms with Crippen LogP contribution in [0.5, 0.6) is 5.75 Å². The molecule has 0 spiro atoms. The highest BCUT2D eigenvalue weighted by molar-refractivity contribution is 7.89. The lowest BCUT2D eigenvalue weighted by Crippen LogP contribution is -2.34. The first-order valence-electron chi connectivity index (χ1n) is 7.86. The van der Waals surface area contributed by atoms with Gasteiger partial charge < -0.3 is 10.1 Å². The van der Waals surface area contributed by atoms with Gasteiger partial charge in [-0.1, -0.05) is 18.2 Å². The molecule has 0 atom stereocenters. The number of H-pyrrole nitrogens is 1. The molecule has 1 heterocycles. The normalized spacial score (nSPS) is 11.4. The van der Waals surface area contributed by atoms with Gasteiger partial charge in [0, 0.05) is 18.5 Å². The highest BCUT2D eigenvalue weighted by Gasteiger charge is 2.15. The summed E-state index contributed by atoms with van der Waals surface area (Å²) in [5.41, 5.74) is 1.04. The third-order valence-electron chi connectivity index (χ3n) is 3.76. The molecule has 0 saturated carbocycles. The predicted molar refractivity (Wildman–Crippen MR) is 96.6 cm³/mol. The Kier molecular flexibility index (Phi) is 5.19. The zero-order chi connectivity index (χ0) is 18.6. The summed E-state index contributed by atoms with van der Waals surface area (Å²) in [5, 5.41) is 10.1. The fourth-order valence-corrected chi connectivity index (χ4v) is 3.45. The summed E-state index contributed by atoms with van der Waals surface area (Å²) in [6.45, 7) is 0.192. The molecule has 0 saturated heterocycles. The van der Waals surface area contributed by atoms with Gasteiger partial charge in [0.05, 0.1) is 17.5 Å². The van der Waals surface area contributed by atoms with Crippen LogP contribution in [0, 0.1) is 0 Å². The first-order chi connectivity index (χ1) is 12.5. The number of rotatable bonds is 7. The largest absolute Gasteiger partial charge is 0.497 e. The zero-order valence-electron chi connectivity index (χ0n) is 14.0. The minimum absolute atomic E-state index is 0.0580. The maximum Gasteiger partial charge on any atom is 0.272 e. The van der Waals surface area contributed by atoms with Crippen LogP contribution in [-0.2, 0) is 10.0 Å². The third-order valence-corrected chi connectivity index (χ3v) is 5.23. The number of aromatic amines is 1. The van der Waals surface area contributed by atoms with Gasteiger partial charge in [-0.05, 0) is 30.3 Å². The average molecular weight is 374 g/mol. The van der Waals surface area contributed by atoms with Crippen molar-refractivity contribution in [1.82, 2.24) is 20.2 Å². The van der Waals surface area contributed by atoms with Crippen LogP contribution in [0.4, 0.5) is 0 Å². The Labute approximate surface area is 150 Å². The highest BCUT2D eigenvalue weighted by atomic mass is 32.2. The number of fused-ring (bicyclic) bond motifs is 1. The van der Waals surface area contributed by atoms with Gasteiger partial charge in [-0.2, -0.15) is 5.10 Å². The molecule has 3 aromatic rings. The molecule has 0 unspecified atom stereocenters. The number of carbonyl (C=O) groups is 1. The lowest BCUT2D eigenvalue weighted by molar-refractivity contribution is 0.0951. The summed E-state index contributed by atoms with van der Waals surface area (Å²) in [6.07, 6.45) is 0. The lowest BCUT2D eigenvalue weighted by atomic mass is 10.2. The minimum Gasteiger partial charge on any atom is -0.497 e. The number of methoxy groups -OCH3 is 1. The van der Waals surface area contributed by atoms with Crippen molar-refractivity contribution in [2.24, 2.45) is 0 Å². The molecule has 8 nitrogen and oxygen atoms in total.